The number of carboxylic acid groups (broad SMARTS) is 1. The Kier molecular flexibility index (Phi) is 16.6. The van der Waals surface area contributed by atoms with Crippen LogP contribution in [0.5, 0.6) is 0 Å². The van der Waals surface area contributed by atoms with Gasteiger partial charge in [0, 0.05) is 13.0 Å². The first-order valence-corrected chi connectivity index (χ1v) is 14.9. The first kappa shape index (κ1) is 39.1. The van der Waals surface area contributed by atoms with Gasteiger partial charge in [-0.25, -0.2) is 9.59 Å². The average Bonchev–Trinajstić information content (AvgIpc) is 2.94. The molecule has 16 heteroatoms. The van der Waals surface area contributed by atoms with Crippen LogP contribution in [-0.2, 0) is 35.1 Å². The molecular weight excluding hydrogens is 600 g/mol. The molecular formula is C30H48N8O8. The summed E-state index contributed by atoms with van der Waals surface area (Å²) in [6.45, 7) is 7.92. The molecule has 0 bridgehead atoms. The minimum absolute atomic E-state index is 0.0475. The molecule has 0 radical (unpaired) electrons. The Morgan fingerprint density at radius 3 is 2.00 bits per heavy atom. The van der Waals surface area contributed by atoms with Gasteiger partial charge in [0.2, 0.25) is 23.6 Å². The van der Waals surface area contributed by atoms with E-state index in [1.807, 2.05) is 13.8 Å². The number of hydrogen-bond acceptors (Lipinski definition) is 8. The fraction of sp³-hybridized carbons (Fsp3) is 0.567. The summed E-state index contributed by atoms with van der Waals surface area (Å²) in [6.07, 6.45) is -0.219. The van der Waals surface area contributed by atoms with Crippen molar-refractivity contribution < 1.29 is 38.6 Å². The van der Waals surface area contributed by atoms with Gasteiger partial charge in [-0.15, -0.1) is 0 Å². The van der Waals surface area contributed by atoms with Crippen molar-refractivity contribution in [3.8, 4) is 0 Å². The minimum atomic E-state index is -1.26. The maximum atomic E-state index is 13.5. The van der Waals surface area contributed by atoms with Gasteiger partial charge in [-0.1, -0.05) is 44.2 Å². The summed E-state index contributed by atoms with van der Waals surface area (Å²) in [6, 6.07) is 5.32. The van der Waals surface area contributed by atoms with Gasteiger partial charge in [0.15, 0.2) is 5.96 Å². The van der Waals surface area contributed by atoms with E-state index in [1.165, 1.54) is 0 Å². The molecule has 0 fully saturated rings. The van der Waals surface area contributed by atoms with Gasteiger partial charge >= 0.3 is 12.1 Å². The molecule has 0 aliphatic heterocycles. The van der Waals surface area contributed by atoms with E-state index in [-0.39, 0.29) is 44.1 Å². The van der Waals surface area contributed by atoms with E-state index in [1.54, 1.807) is 51.1 Å². The SMILES string of the molecule is CC(C)C[C@H](NC(=O)[C@@H](Cc1ccccc1)NC(=O)CNC(=O)CNC(=O)OC(C)(C)C)C(=O)N[C@H](CCCN=C(N)N)C(=O)O. The predicted octanol–water partition coefficient (Wildman–Crippen LogP) is -0.491. The lowest BCUT2D eigenvalue weighted by Gasteiger charge is -2.25. The third-order valence-corrected chi connectivity index (χ3v) is 6.07. The van der Waals surface area contributed by atoms with Gasteiger partial charge in [0.05, 0.1) is 6.54 Å². The number of carboxylic acids is 1. The zero-order valence-corrected chi connectivity index (χ0v) is 27.1. The Hall–Kier alpha value is -4.89. The summed E-state index contributed by atoms with van der Waals surface area (Å²) >= 11 is 0. The second kappa shape index (κ2) is 19.5. The topological polar surface area (TPSA) is 256 Å². The van der Waals surface area contributed by atoms with E-state index in [9.17, 15) is 33.9 Å². The zero-order chi connectivity index (χ0) is 34.9. The van der Waals surface area contributed by atoms with Crippen LogP contribution in [0.25, 0.3) is 0 Å². The predicted molar refractivity (Wildman–Crippen MR) is 170 cm³/mol. The summed E-state index contributed by atoms with van der Waals surface area (Å²) in [5.74, 6) is -4.20. The maximum Gasteiger partial charge on any atom is 0.408 e. The number of carbonyl (C=O) groups is 6. The van der Waals surface area contributed by atoms with E-state index in [0.717, 1.165) is 0 Å². The number of guanidine groups is 1. The Morgan fingerprint density at radius 2 is 1.43 bits per heavy atom. The number of aliphatic imine (C=N–C) groups is 1. The van der Waals surface area contributed by atoms with Crippen LogP contribution in [0.3, 0.4) is 0 Å². The molecule has 16 nitrogen and oxygen atoms in total. The van der Waals surface area contributed by atoms with E-state index >= 15 is 0 Å². The van der Waals surface area contributed by atoms with Crippen molar-refractivity contribution in [2.75, 3.05) is 19.6 Å². The number of ether oxygens (including phenoxy) is 1. The largest absolute Gasteiger partial charge is 0.480 e. The Labute approximate surface area is 268 Å². The Bertz CT molecular complexity index is 1210. The molecule has 0 heterocycles. The van der Waals surface area contributed by atoms with Gasteiger partial charge in [0.1, 0.15) is 30.3 Å². The Morgan fingerprint density at radius 1 is 0.848 bits per heavy atom. The molecule has 46 heavy (non-hydrogen) atoms. The highest BCUT2D eigenvalue weighted by Crippen LogP contribution is 2.10. The van der Waals surface area contributed by atoms with E-state index in [4.69, 9.17) is 16.2 Å². The summed E-state index contributed by atoms with van der Waals surface area (Å²) in [5.41, 5.74) is 10.5. The lowest BCUT2D eigenvalue weighted by atomic mass is 10.0. The van der Waals surface area contributed by atoms with Crippen molar-refractivity contribution >= 4 is 41.7 Å². The van der Waals surface area contributed by atoms with Crippen molar-refractivity contribution in [2.24, 2.45) is 22.4 Å². The van der Waals surface area contributed by atoms with Crippen LogP contribution < -0.4 is 38.1 Å². The van der Waals surface area contributed by atoms with Crippen LogP contribution in [0.1, 0.15) is 59.4 Å². The molecule has 0 saturated heterocycles. The van der Waals surface area contributed by atoms with Crippen molar-refractivity contribution in [1.82, 2.24) is 26.6 Å². The number of benzene rings is 1. The first-order valence-electron chi connectivity index (χ1n) is 14.9. The van der Waals surface area contributed by atoms with Crippen LogP contribution in [0.15, 0.2) is 35.3 Å². The molecule has 0 aromatic heterocycles. The monoisotopic (exact) mass is 648 g/mol. The van der Waals surface area contributed by atoms with Crippen LogP contribution in [-0.4, -0.2) is 90.1 Å². The standard InChI is InChI=1S/C30H48N8O8/c1-18(2)14-21(25(41)37-20(27(43)44)12-9-13-33-28(31)32)38-26(42)22(15-19-10-7-6-8-11-19)36-24(40)17-34-23(39)16-35-29(45)46-30(3,4)5/h6-8,10-11,18,20-22H,9,12-17H2,1-5H3,(H,34,39)(H,35,45)(H,36,40)(H,37,41)(H,38,42)(H,43,44)(H4,31,32,33)/t20-,21+,22-/m1/s1. The molecule has 0 aliphatic rings. The lowest BCUT2D eigenvalue weighted by molar-refractivity contribution is -0.142. The highest BCUT2D eigenvalue weighted by Gasteiger charge is 2.30. The number of rotatable bonds is 18. The van der Waals surface area contributed by atoms with E-state index in [0.29, 0.717) is 5.56 Å². The molecule has 1 rings (SSSR count). The number of aliphatic carboxylic acids is 1. The summed E-state index contributed by atoms with van der Waals surface area (Å²) in [7, 11) is 0. The summed E-state index contributed by atoms with van der Waals surface area (Å²) < 4.78 is 5.06. The number of nitrogens with two attached hydrogens (primary N) is 2. The molecule has 1 aromatic carbocycles. The molecule has 0 saturated carbocycles. The Balaban J connectivity index is 2.95. The van der Waals surface area contributed by atoms with Gasteiger partial charge in [0.25, 0.3) is 0 Å². The highest BCUT2D eigenvalue weighted by atomic mass is 16.6. The summed E-state index contributed by atoms with van der Waals surface area (Å²) in [5, 5.41) is 22.0. The molecule has 256 valence electrons. The molecule has 10 N–H and O–H groups in total. The van der Waals surface area contributed by atoms with Crippen LogP contribution in [0.2, 0.25) is 0 Å². The number of alkyl carbamates (subject to hydrolysis) is 1. The molecule has 0 aliphatic carbocycles. The normalized spacial score (nSPS) is 12.9. The lowest BCUT2D eigenvalue weighted by Crippen LogP contribution is -2.57. The van der Waals surface area contributed by atoms with Crippen molar-refractivity contribution in [1.29, 1.82) is 0 Å². The van der Waals surface area contributed by atoms with Crippen LogP contribution in [0.4, 0.5) is 4.79 Å². The van der Waals surface area contributed by atoms with Gasteiger partial charge < -0.3 is 47.9 Å². The van der Waals surface area contributed by atoms with Gasteiger partial charge in [-0.2, -0.15) is 0 Å². The molecule has 5 amide bonds. The maximum absolute atomic E-state index is 13.5. The number of amides is 5. The van der Waals surface area contributed by atoms with E-state index in [2.05, 4.69) is 31.6 Å². The third-order valence-electron chi connectivity index (χ3n) is 6.07. The van der Waals surface area contributed by atoms with Crippen LogP contribution >= 0.6 is 0 Å². The second-order valence-corrected chi connectivity index (χ2v) is 12.0. The smallest absolute Gasteiger partial charge is 0.408 e. The fourth-order valence-electron chi connectivity index (χ4n) is 4.02. The highest BCUT2D eigenvalue weighted by molar-refractivity contribution is 5.94. The van der Waals surface area contributed by atoms with E-state index < -0.39 is 72.5 Å². The second-order valence-electron chi connectivity index (χ2n) is 12.0. The van der Waals surface area contributed by atoms with Gasteiger partial charge in [-0.05, 0) is 51.5 Å². The number of nitrogens with one attached hydrogen (secondary N) is 5. The molecule has 1 aromatic rings. The number of hydrogen-bond donors (Lipinski definition) is 8. The third kappa shape index (κ3) is 17.4. The first-order chi connectivity index (χ1) is 21.5. The number of carbonyl (C=O) groups excluding carboxylic acids is 5. The quantitative estimate of drug-likeness (QED) is 0.0575. The number of nitrogens with zero attached hydrogens (tertiary/aromatic N) is 1. The average molecular weight is 649 g/mol. The minimum Gasteiger partial charge on any atom is -0.480 e. The summed E-state index contributed by atoms with van der Waals surface area (Å²) in [4.78, 5) is 79.0. The van der Waals surface area contributed by atoms with Crippen LogP contribution in [0, 0.1) is 5.92 Å². The molecule has 0 unspecified atom stereocenters. The fourth-order valence-corrected chi connectivity index (χ4v) is 4.02. The molecule has 0 spiro atoms. The van der Waals surface area contributed by atoms with Crippen molar-refractivity contribution in [3.63, 3.8) is 0 Å². The van der Waals surface area contributed by atoms with Crippen molar-refractivity contribution in [3.05, 3.63) is 35.9 Å². The van der Waals surface area contributed by atoms with Gasteiger partial charge in [-0.3, -0.25) is 24.2 Å². The zero-order valence-electron chi connectivity index (χ0n) is 27.1. The molecule has 3 atom stereocenters. The van der Waals surface area contributed by atoms with Crippen molar-refractivity contribution in [2.45, 2.75) is 84.0 Å².